The lowest BCUT2D eigenvalue weighted by atomic mass is 10.2. The summed E-state index contributed by atoms with van der Waals surface area (Å²) >= 11 is 0. The Morgan fingerprint density at radius 1 is 1.11 bits per heavy atom. The van der Waals surface area contributed by atoms with Crippen LogP contribution in [0, 0.1) is 6.92 Å². The first-order valence-electron chi connectivity index (χ1n) is 8.52. The Kier molecular flexibility index (Phi) is 5.27. The summed E-state index contributed by atoms with van der Waals surface area (Å²) in [6.45, 7) is 4.29. The fourth-order valence-electron chi connectivity index (χ4n) is 2.95. The zero-order chi connectivity index (χ0) is 19.6. The number of rotatable bonds is 5. The number of ether oxygens (including phenoxy) is 2. The van der Waals surface area contributed by atoms with Crippen molar-refractivity contribution in [3.05, 3.63) is 48.0 Å². The number of nitrogens with zero attached hydrogens (tertiary/aromatic N) is 1. The molecule has 2 aromatic carbocycles. The lowest BCUT2D eigenvalue weighted by Gasteiger charge is -2.29. The average molecular weight is 390 g/mol. The fourth-order valence-corrected chi connectivity index (χ4v) is 4.11. The molecule has 1 unspecified atom stereocenters. The Bertz CT molecular complexity index is 958. The maximum atomic E-state index is 12.7. The summed E-state index contributed by atoms with van der Waals surface area (Å²) < 4.78 is 36.9. The van der Waals surface area contributed by atoms with Crippen LogP contribution in [0.5, 0.6) is 11.5 Å². The third kappa shape index (κ3) is 4.33. The van der Waals surface area contributed by atoms with Crippen LogP contribution in [0.25, 0.3) is 0 Å². The number of anilines is 2. The molecule has 8 heteroatoms. The molecular weight excluding hydrogens is 368 g/mol. The van der Waals surface area contributed by atoms with Crippen molar-refractivity contribution >= 4 is 27.3 Å². The molecule has 1 N–H and O–H groups in total. The topological polar surface area (TPSA) is 84.9 Å². The Morgan fingerprint density at radius 2 is 1.81 bits per heavy atom. The van der Waals surface area contributed by atoms with Gasteiger partial charge in [-0.05, 0) is 43.7 Å². The van der Waals surface area contributed by atoms with Crippen molar-refractivity contribution in [3.8, 4) is 11.5 Å². The predicted molar refractivity (Wildman–Crippen MR) is 104 cm³/mol. The van der Waals surface area contributed by atoms with Crippen molar-refractivity contribution in [1.29, 1.82) is 0 Å². The summed E-state index contributed by atoms with van der Waals surface area (Å²) in [6.07, 6.45) is 1.07. The van der Waals surface area contributed by atoms with Crippen LogP contribution in [0.2, 0.25) is 0 Å². The number of benzene rings is 2. The number of nitrogens with one attached hydrogen (secondary N) is 1. The van der Waals surface area contributed by atoms with Gasteiger partial charge in [-0.3, -0.25) is 9.10 Å². The summed E-state index contributed by atoms with van der Waals surface area (Å²) in [5, 5.41) is 2.77. The molecule has 0 spiro atoms. The van der Waals surface area contributed by atoms with Gasteiger partial charge in [-0.2, -0.15) is 0 Å². The van der Waals surface area contributed by atoms with Crippen LogP contribution >= 0.6 is 0 Å². The number of carbonyl (C=O) groups excluding carboxylic acids is 1. The van der Waals surface area contributed by atoms with Crippen LogP contribution in [0.4, 0.5) is 11.4 Å². The number of hydrogen-bond acceptors (Lipinski definition) is 5. The second kappa shape index (κ2) is 7.48. The monoisotopic (exact) mass is 390 g/mol. The van der Waals surface area contributed by atoms with E-state index >= 15 is 0 Å². The van der Waals surface area contributed by atoms with Crippen LogP contribution in [0.15, 0.2) is 42.5 Å². The van der Waals surface area contributed by atoms with E-state index in [0.29, 0.717) is 36.1 Å². The zero-order valence-corrected chi connectivity index (χ0v) is 16.2. The number of amides is 1. The van der Waals surface area contributed by atoms with Gasteiger partial charge < -0.3 is 14.8 Å². The quantitative estimate of drug-likeness (QED) is 0.848. The first-order chi connectivity index (χ1) is 12.8. The van der Waals surface area contributed by atoms with Crippen LogP contribution in [-0.2, 0) is 14.8 Å². The van der Waals surface area contributed by atoms with Crippen molar-refractivity contribution < 1.29 is 22.7 Å². The van der Waals surface area contributed by atoms with E-state index in [9.17, 15) is 13.2 Å². The Morgan fingerprint density at radius 3 is 2.48 bits per heavy atom. The van der Waals surface area contributed by atoms with Gasteiger partial charge in [0.2, 0.25) is 15.9 Å². The Balaban J connectivity index is 1.89. The zero-order valence-electron chi connectivity index (χ0n) is 15.4. The highest BCUT2D eigenvalue weighted by Gasteiger charge is 2.30. The molecule has 2 aromatic rings. The summed E-state index contributed by atoms with van der Waals surface area (Å²) in [6, 6.07) is 11.2. The summed E-state index contributed by atoms with van der Waals surface area (Å²) in [5.74, 6) is 0.579. The highest BCUT2D eigenvalue weighted by Crippen LogP contribution is 2.35. The summed E-state index contributed by atoms with van der Waals surface area (Å²) in [4.78, 5) is 12.7. The molecule has 1 atom stereocenters. The molecular formula is C19H22N2O5S. The smallest absolute Gasteiger partial charge is 0.247 e. The molecule has 7 nitrogen and oxygen atoms in total. The molecule has 0 saturated heterocycles. The molecule has 27 heavy (non-hydrogen) atoms. The van der Waals surface area contributed by atoms with Gasteiger partial charge in [-0.15, -0.1) is 0 Å². The molecule has 0 aliphatic carbocycles. The highest BCUT2D eigenvalue weighted by atomic mass is 32.2. The van der Waals surface area contributed by atoms with Gasteiger partial charge in [-0.25, -0.2) is 8.42 Å². The molecule has 1 aliphatic rings. The number of sulfonamides is 1. The third-order valence-corrected chi connectivity index (χ3v) is 5.40. The number of carbonyl (C=O) groups is 1. The molecule has 0 fully saturated rings. The standard InChI is InChI=1S/C19H22N2O5S/c1-13-5-4-6-15(11-13)20-19(22)14(2)21(27(3,23)24)16-7-8-17-18(12-16)26-10-9-25-17/h4-8,11-12,14H,9-10H2,1-3H3,(H,20,22). The van der Waals surface area contributed by atoms with Gasteiger partial charge in [-0.1, -0.05) is 12.1 Å². The minimum Gasteiger partial charge on any atom is -0.486 e. The van der Waals surface area contributed by atoms with Gasteiger partial charge in [0.25, 0.3) is 0 Å². The largest absolute Gasteiger partial charge is 0.486 e. The minimum atomic E-state index is -3.71. The second-order valence-electron chi connectivity index (χ2n) is 6.42. The lowest BCUT2D eigenvalue weighted by Crippen LogP contribution is -2.45. The fraction of sp³-hybridized carbons (Fsp3) is 0.316. The maximum absolute atomic E-state index is 12.7. The number of aryl methyl sites for hydroxylation is 1. The van der Waals surface area contributed by atoms with Crippen LogP contribution in [0.3, 0.4) is 0 Å². The van der Waals surface area contributed by atoms with Gasteiger partial charge in [0, 0.05) is 11.8 Å². The van der Waals surface area contributed by atoms with E-state index in [1.165, 1.54) is 0 Å². The molecule has 0 saturated carbocycles. The van der Waals surface area contributed by atoms with E-state index in [1.807, 2.05) is 25.1 Å². The molecule has 3 rings (SSSR count). The lowest BCUT2D eigenvalue weighted by molar-refractivity contribution is -0.116. The Hall–Kier alpha value is -2.74. The molecule has 1 aliphatic heterocycles. The highest BCUT2D eigenvalue weighted by molar-refractivity contribution is 7.92. The molecule has 144 valence electrons. The van der Waals surface area contributed by atoms with Crippen molar-refractivity contribution in [2.75, 3.05) is 29.1 Å². The number of fused-ring (bicyclic) bond motifs is 1. The van der Waals surface area contributed by atoms with Crippen molar-refractivity contribution in [2.45, 2.75) is 19.9 Å². The van der Waals surface area contributed by atoms with Crippen molar-refractivity contribution in [1.82, 2.24) is 0 Å². The Labute approximate surface area is 158 Å². The van der Waals surface area contributed by atoms with E-state index in [-0.39, 0.29) is 0 Å². The van der Waals surface area contributed by atoms with Gasteiger partial charge >= 0.3 is 0 Å². The van der Waals surface area contributed by atoms with Crippen molar-refractivity contribution in [2.24, 2.45) is 0 Å². The number of hydrogen-bond donors (Lipinski definition) is 1. The molecule has 0 radical (unpaired) electrons. The minimum absolute atomic E-state index is 0.341. The van der Waals surface area contributed by atoms with E-state index in [4.69, 9.17) is 9.47 Å². The summed E-state index contributed by atoms with van der Waals surface area (Å²) in [7, 11) is -3.71. The molecule has 0 bridgehead atoms. The van der Waals surface area contributed by atoms with Crippen LogP contribution < -0.4 is 19.1 Å². The first kappa shape index (κ1) is 19.0. The second-order valence-corrected chi connectivity index (χ2v) is 8.28. The SMILES string of the molecule is Cc1cccc(NC(=O)C(C)N(c2ccc3c(c2)OCCO3)S(C)(=O)=O)c1. The van der Waals surface area contributed by atoms with E-state index in [2.05, 4.69) is 5.32 Å². The normalized spacial score (nSPS) is 14.3. The predicted octanol–water partition coefficient (Wildman–Crippen LogP) is 2.56. The first-order valence-corrected chi connectivity index (χ1v) is 10.4. The maximum Gasteiger partial charge on any atom is 0.247 e. The van der Waals surface area contributed by atoms with Crippen LogP contribution in [0.1, 0.15) is 12.5 Å². The summed E-state index contributed by atoms with van der Waals surface area (Å²) in [5.41, 5.74) is 1.95. The van der Waals surface area contributed by atoms with E-state index in [1.54, 1.807) is 31.2 Å². The van der Waals surface area contributed by atoms with E-state index < -0.39 is 22.0 Å². The van der Waals surface area contributed by atoms with Gasteiger partial charge in [0.15, 0.2) is 11.5 Å². The molecule has 1 amide bonds. The van der Waals surface area contributed by atoms with E-state index in [0.717, 1.165) is 16.1 Å². The van der Waals surface area contributed by atoms with Crippen molar-refractivity contribution in [3.63, 3.8) is 0 Å². The van der Waals surface area contributed by atoms with Gasteiger partial charge in [0.05, 0.1) is 11.9 Å². The average Bonchev–Trinajstić information content (AvgIpc) is 2.60. The molecule has 1 heterocycles. The van der Waals surface area contributed by atoms with Gasteiger partial charge in [0.1, 0.15) is 19.3 Å². The third-order valence-electron chi connectivity index (χ3n) is 4.15. The van der Waals surface area contributed by atoms with Crippen LogP contribution in [-0.4, -0.2) is 39.8 Å². The molecule has 0 aromatic heterocycles.